The number of imide groups is 1. The fraction of sp³-hybridized carbons (Fsp3) is 0.471. The van der Waals surface area contributed by atoms with Crippen molar-refractivity contribution < 1.29 is 19.1 Å². The Labute approximate surface area is 134 Å². The van der Waals surface area contributed by atoms with Crippen molar-refractivity contribution in [3.8, 4) is 0 Å². The summed E-state index contributed by atoms with van der Waals surface area (Å²) in [4.78, 5) is 35.7. The maximum Gasteiger partial charge on any atom is 0.234 e. The second kappa shape index (κ2) is 6.91. The minimum absolute atomic E-state index is 0.0926. The van der Waals surface area contributed by atoms with Crippen LogP contribution in [0, 0.1) is 0 Å². The lowest BCUT2D eigenvalue weighted by atomic mass is 9.90. The zero-order valence-corrected chi connectivity index (χ0v) is 12.9. The topological polar surface area (TPSA) is 75.7 Å². The number of rotatable bonds is 5. The van der Waals surface area contributed by atoms with Gasteiger partial charge in [-0.1, -0.05) is 12.1 Å². The third kappa shape index (κ3) is 3.59. The van der Waals surface area contributed by atoms with Gasteiger partial charge in [-0.15, -0.1) is 0 Å². The Morgan fingerprint density at radius 1 is 1.22 bits per heavy atom. The molecule has 0 aromatic heterocycles. The summed E-state index contributed by atoms with van der Waals surface area (Å²) in [6.07, 6.45) is 2.73. The van der Waals surface area contributed by atoms with Crippen LogP contribution in [0.25, 0.3) is 0 Å². The second-order valence-corrected chi connectivity index (χ2v) is 5.95. The van der Waals surface area contributed by atoms with Crippen LogP contribution in [0.5, 0.6) is 0 Å². The molecule has 23 heavy (non-hydrogen) atoms. The van der Waals surface area contributed by atoms with Gasteiger partial charge in [-0.25, -0.2) is 0 Å². The first-order valence-electron chi connectivity index (χ1n) is 7.91. The van der Waals surface area contributed by atoms with Crippen molar-refractivity contribution in [2.24, 2.45) is 0 Å². The van der Waals surface area contributed by atoms with E-state index in [4.69, 9.17) is 4.74 Å². The summed E-state index contributed by atoms with van der Waals surface area (Å²) in [6, 6.07) is 7.91. The first-order valence-corrected chi connectivity index (χ1v) is 7.91. The zero-order chi connectivity index (χ0) is 16.2. The number of benzene rings is 1. The number of piperidine rings is 1. The number of nitrogens with one attached hydrogen (secondary N) is 1. The number of ether oxygens (including phenoxy) is 1. The van der Waals surface area contributed by atoms with E-state index in [1.165, 1.54) is 0 Å². The van der Waals surface area contributed by atoms with E-state index in [2.05, 4.69) is 10.2 Å². The van der Waals surface area contributed by atoms with Crippen molar-refractivity contribution in [2.45, 2.75) is 31.3 Å². The van der Waals surface area contributed by atoms with E-state index in [9.17, 15) is 14.4 Å². The molecule has 2 saturated heterocycles. The molecule has 2 fully saturated rings. The van der Waals surface area contributed by atoms with Gasteiger partial charge in [0.05, 0.1) is 12.0 Å². The Balaban J connectivity index is 1.62. The van der Waals surface area contributed by atoms with Crippen molar-refractivity contribution in [3.05, 3.63) is 29.8 Å². The minimum atomic E-state index is -0.246. The van der Waals surface area contributed by atoms with E-state index in [0.29, 0.717) is 12.8 Å². The summed E-state index contributed by atoms with van der Waals surface area (Å²) in [5, 5.41) is 2.39. The van der Waals surface area contributed by atoms with E-state index >= 15 is 0 Å². The van der Waals surface area contributed by atoms with Crippen LogP contribution in [0.1, 0.15) is 30.7 Å². The molecule has 3 rings (SSSR count). The zero-order valence-electron chi connectivity index (χ0n) is 12.9. The van der Waals surface area contributed by atoms with Gasteiger partial charge in [-0.2, -0.15) is 0 Å². The van der Waals surface area contributed by atoms with Gasteiger partial charge >= 0.3 is 0 Å². The molecular weight excluding hydrogens is 296 g/mol. The Morgan fingerprint density at radius 3 is 2.70 bits per heavy atom. The number of carbonyl (C=O) groups is 3. The lowest BCUT2D eigenvalue weighted by Gasteiger charge is -2.23. The van der Waals surface area contributed by atoms with Crippen LogP contribution in [0.2, 0.25) is 0 Å². The highest BCUT2D eigenvalue weighted by atomic mass is 16.5. The lowest BCUT2D eigenvalue weighted by molar-refractivity contribution is -0.134. The first kappa shape index (κ1) is 15.7. The first-order chi connectivity index (χ1) is 11.2. The van der Waals surface area contributed by atoms with Gasteiger partial charge in [0, 0.05) is 25.2 Å². The van der Waals surface area contributed by atoms with Crippen LogP contribution in [0.3, 0.4) is 0 Å². The molecule has 2 aliphatic rings. The normalized spacial score (nSPS) is 24.6. The molecule has 2 amide bonds. The summed E-state index contributed by atoms with van der Waals surface area (Å²) < 4.78 is 5.45. The Morgan fingerprint density at radius 2 is 2.00 bits per heavy atom. The van der Waals surface area contributed by atoms with Crippen LogP contribution in [-0.4, -0.2) is 43.9 Å². The van der Waals surface area contributed by atoms with Gasteiger partial charge in [0.2, 0.25) is 11.8 Å². The maximum atomic E-state index is 11.9. The molecule has 2 atom stereocenters. The Hall–Kier alpha value is -2.21. The third-order valence-electron chi connectivity index (χ3n) is 4.44. The summed E-state index contributed by atoms with van der Waals surface area (Å²) >= 11 is 0. The van der Waals surface area contributed by atoms with Crippen molar-refractivity contribution in [3.63, 3.8) is 0 Å². The fourth-order valence-corrected chi connectivity index (χ4v) is 3.20. The number of aldehydes is 1. The number of carbonyl (C=O) groups excluding carboxylic acids is 3. The van der Waals surface area contributed by atoms with Gasteiger partial charge in [0.1, 0.15) is 12.9 Å². The predicted octanol–water partition coefficient (Wildman–Crippen LogP) is 1.00. The van der Waals surface area contributed by atoms with Crippen molar-refractivity contribution in [2.75, 3.05) is 24.6 Å². The summed E-state index contributed by atoms with van der Waals surface area (Å²) in [5.74, 6) is -0.650. The molecule has 0 spiro atoms. The highest BCUT2D eigenvalue weighted by Crippen LogP contribution is 2.28. The smallest absolute Gasteiger partial charge is 0.234 e. The van der Waals surface area contributed by atoms with Gasteiger partial charge in [-0.3, -0.25) is 14.9 Å². The molecular formula is C17H20N2O4. The molecule has 2 aliphatic heterocycles. The number of hydrogen-bond donors (Lipinski definition) is 1. The molecule has 0 radical (unpaired) electrons. The summed E-state index contributed by atoms with van der Waals surface area (Å²) in [7, 11) is 0. The van der Waals surface area contributed by atoms with Crippen molar-refractivity contribution >= 4 is 23.8 Å². The fourth-order valence-electron chi connectivity index (χ4n) is 3.20. The highest BCUT2D eigenvalue weighted by Gasteiger charge is 2.28. The maximum absolute atomic E-state index is 11.9. The number of nitrogens with zero attached hydrogens (tertiary/aromatic N) is 1. The summed E-state index contributed by atoms with van der Waals surface area (Å²) in [6.45, 7) is 1.81. The molecule has 0 saturated carbocycles. The van der Waals surface area contributed by atoms with Crippen LogP contribution >= 0.6 is 0 Å². The quantitative estimate of drug-likeness (QED) is 0.648. The molecule has 1 aromatic rings. The van der Waals surface area contributed by atoms with Crippen LogP contribution < -0.4 is 10.2 Å². The largest absolute Gasteiger partial charge is 0.369 e. The van der Waals surface area contributed by atoms with Crippen molar-refractivity contribution in [1.29, 1.82) is 0 Å². The van der Waals surface area contributed by atoms with Crippen LogP contribution in [-0.2, 0) is 19.1 Å². The SMILES string of the molecule is O=CCO[C@@H]1CCN(c2ccc(C3CCC(=O)NC3=O)cc2)C1. The molecule has 6 heteroatoms. The third-order valence-corrected chi connectivity index (χ3v) is 4.44. The van der Waals surface area contributed by atoms with E-state index in [0.717, 1.165) is 37.0 Å². The van der Waals surface area contributed by atoms with Crippen LogP contribution in [0.4, 0.5) is 5.69 Å². The highest BCUT2D eigenvalue weighted by molar-refractivity contribution is 6.00. The van der Waals surface area contributed by atoms with E-state index in [1.807, 2.05) is 24.3 Å². The average molecular weight is 316 g/mol. The molecule has 6 nitrogen and oxygen atoms in total. The van der Waals surface area contributed by atoms with Crippen molar-refractivity contribution in [1.82, 2.24) is 5.32 Å². The minimum Gasteiger partial charge on any atom is -0.369 e. The molecule has 0 bridgehead atoms. The molecule has 1 aromatic carbocycles. The molecule has 122 valence electrons. The van der Waals surface area contributed by atoms with E-state index in [1.54, 1.807) is 0 Å². The average Bonchev–Trinajstić information content (AvgIpc) is 3.02. The predicted molar refractivity (Wildman–Crippen MR) is 84.2 cm³/mol. The lowest BCUT2D eigenvalue weighted by Crippen LogP contribution is -2.39. The number of hydrogen-bond acceptors (Lipinski definition) is 5. The Kier molecular flexibility index (Phi) is 4.71. The molecule has 1 unspecified atom stereocenters. The van der Waals surface area contributed by atoms with E-state index in [-0.39, 0.29) is 30.4 Å². The molecule has 1 N–H and O–H groups in total. The molecule has 0 aliphatic carbocycles. The van der Waals surface area contributed by atoms with Gasteiger partial charge < -0.3 is 14.4 Å². The Bertz CT molecular complexity index is 599. The van der Waals surface area contributed by atoms with Gasteiger partial charge in [0.25, 0.3) is 0 Å². The van der Waals surface area contributed by atoms with Gasteiger partial charge in [-0.05, 0) is 30.5 Å². The molecule has 2 heterocycles. The summed E-state index contributed by atoms with van der Waals surface area (Å²) in [5.41, 5.74) is 2.02. The van der Waals surface area contributed by atoms with Gasteiger partial charge in [0.15, 0.2) is 0 Å². The monoisotopic (exact) mass is 316 g/mol. The standard InChI is InChI=1S/C17H20N2O4/c20-9-10-23-14-7-8-19(11-14)13-3-1-12(2-4-13)15-5-6-16(21)18-17(15)22/h1-4,9,14-15H,5-8,10-11H2,(H,18,21,22)/t14-,15?/m1/s1. The second-order valence-electron chi connectivity index (χ2n) is 5.95. The number of anilines is 1. The van der Waals surface area contributed by atoms with E-state index < -0.39 is 0 Å². The number of amides is 2. The van der Waals surface area contributed by atoms with Crippen LogP contribution in [0.15, 0.2) is 24.3 Å².